The summed E-state index contributed by atoms with van der Waals surface area (Å²) >= 11 is 0. The van der Waals surface area contributed by atoms with Crippen LogP contribution in [0.1, 0.15) is 0 Å². The number of nitrogen functional groups attached to an aromatic ring is 2. The SMILES string of the molecule is Nc1cccc(OC(Oc2ccccc2)C(=O)O)c1N. The molecule has 20 heavy (non-hydrogen) atoms. The summed E-state index contributed by atoms with van der Waals surface area (Å²) in [6.45, 7) is 0. The predicted octanol–water partition coefficient (Wildman–Crippen LogP) is 1.72. The van der Waals surface area contributed by atoms with Crippen molar-refractivity contribution < 1.29 is 19.4 Å². The zero-order valence-electron chi connectivity index (χ0n) is 10.5. The molecule has 2 rings (SSSR count). The first-order valence-electron chi connectivity index (χ1n) is 5.83. The van der Waals surface area contributed by atoms with Gasteiger partial charge in [0.2, 0.25) is 0 Å². The Morgan fingerprint density at radius 1 is 1.00 bits per heavy atom. The van der Waals surface area contributed by atoms with Crippen LogP contribution in [0.4, 0.5) is 11.4 Å². The van der Waals surface area contributed by atoms with Gasteiger partial charge in [0, 0.05) is 0 Å². The van der Waals surface area contributed by atoms with E-state index in [1.807, 2.05) is 0 Å². The molecule has 0 aliphatic rings. The number of anilines is 2. The zero-order chi connectivity index (χ0) is 14.5. The van der Waals surface area contributed by atoms with Crippen molar-refractivity contribution in [1.82, 2.24) is 0 Å². The van der Waals surface area contributed by atoms with Gasteiger partial charge < -0.3 is 26.0 Å². The Hall–Kier alpha value is -2.89. The van der Waals surface area contributed by atoms with E-state index >= 15 is 0 Å². The smallest absolute Gasteiger partial charge is 0.387 e. The minimum atomic E-state index is -1.51. The average Bonchev–Trinajstić information content (AvgIpc) is 2.44. The number of ether oxygens (including phenoxy) is 2. The minimum Gasteiger partial charge on any atom is -0.476 e. The topological polar surface area (TPSA) is 108 Å². The highest BCUT2D eigenvalue weighted by Gasteiger charge is 2.22. The van der Waals surface area contributed by atoms with E-state index in [-0.39, 0.29) is 11.4 Å². The Morgan fingerprint density at radius 3 is 2.35 bits per heavy atom. The van der Waals surface area contributed by atoms with E-state index in [2.05, 4.69) is 0 Å². The number of para-hydroxylation sites is 2. The highest BCUT2D eigenvalue weighted by molar-refractivity contribution is 5.74. The van der Waals surface area contributed by atoms with Crippen LogP contribution in [0, 0.1) is 0 Å². The molecule has 0 bridgehead atoms. The molecule has 0 radical (unpaired) electrons. The highest BCUT2D eigenvalue weighted by Crippen LogP contribution is 2.28. The van der Waals surface area contributed by atoms with Gasteiger partial charge in [0.05, 0.1) is 11.4 Å². The number of hydrogen-bond acceptors (Lipinski definition) is 5. The maximum atomic E-state index is 11.2. The van der Waals surface area contributed by atoms with Crippen molar-refractivity contribution in [3.63, 3.8) is 0 Å². The second-order valence-electron chi connectivity index (χ2n) is 3.98. The molecule has 2 aromatic carbocycles. The van der Waals surface area contributed by atoms with Crippen LogP contribution in [0.2, 0.25) is 0 Å². The van der Waals surface area contributed by atoms with E-state index in [0.717, 1.165) is 0 Å². The van der Waals surface area contributed by atoms with E-state index in [9.17, 15) is 4.79 Å². The minimum absolute atomic E-state index is 0.160. The molecule has 1 unspecified atom stereocenters. The molecule has 6 nitrogen and oxygen atoms in total. The van der Waals surface area contributed by atoms with Gasteiger partial charge in [-0.05, 0) is 24.3 Å². The largest absolute Gasteiger partial charge is 0.476 e. The molecular formula is C14H14N2O4. The first-order chi connectivity index (χ1) is 9.58. The molecule has 5 N–H and O–H groups in total. The Kier molecular flexibility index (Phi) is 3.95. The van der Waals surface area contributed by atoms with Gasteiger partial charge in [-0.3, -0.25) is 0 Å². The fourth-order valence-electron chi connectivity index (χ4n) is 1.53. The molecule has 0 saturated heterocycles. The molecule has 0 aromatic heterocycles. The van der Waals surface area contributed by atoms with E-state index in [1.165, 1.54) is 6.07 Å². The average molecular weight is 274 g/mol. The number of carboxylic acid groups (broad SMARTS) is 1. The molecule has 0 aliphatic heterocycles. The molecule has 0 saturated carbocycles. The third-order valence-corrected chi connectivity index (χ3v) is 2.52. The van der Waals surface area contributed by atoms with Crippen LogP contribution >= 0.6 is 0 Å². The van der Waals surface area contributed by atoms with Crippen molar-refractivity contribution in [1.29, 1.82) is 0 Å². The molecular weight excluding hydrogens is 260 g/mol. The highest BCUT2D eigenvalue weighted by atomic mass is 16.7. The van der Waals surface area contributed by atoms with Crippen LogP contribution < -0.4 is 20.9 Å². The lowest BCUT2D eigenvalue weighted by Gasteiger charge is -2.18. The number of nitrogens with two attached hydrogens (primary N) is 2. The van der Waals surface area contributed by atoms with Crippen LogP contribution in [0.25, 0.3) is 0 Å². The fourth-order valence-corrected chi connectivity index (χ4v) is 1.53. The summed E-state index contributed by atoms with van der Waals surface area (Å²) in [5, 5.41) is 9.13. The Balaban J connectivity index is 2.18. The maximum absolute atomic E-state index is 11.2. The first kappa shape index (κ1) is 13.5. The molecule has 0 heterocycles. The Bertz CT molecular complexity index is 601. The maximum Gasteiger partial charge on any atom is 0.387 e. The van der Waals surface area contributed by atoms with E-state index < -0.39 is 12.3 Å². The molecule has 0 aliphatic carbocycles. The summed E-state index contributed by atoms with van der Waals surface area (Å²) in [5.74, 6) is -0.730. The summed E-state index contributed by atoms with van der Waals surface area (Å²) in [5.41, 5.74) is 11.8. The van der Waals surface area contributed by atoms with Crippen LogP contribution in [0.3, 0.4) is 0 Å². The third kappa shape index (κ3) is 3.11. The van der Waals surface area contributed by atoms with Crippen molar-refractivity contribution >= 4 is 17.3 Å². The van der Waals surface area contributed by atoms with Gasteiger partial charge in [0.25, 0.3) is 0 Å². The van der Waals surface area contributed by atoms with E-state index in [0.29, 0.717) is 11.4 Å². The number of carboxylic acids is 1. The normalized spacial score (nSPS) is 11.6. The molecule has 2 aromatic rings. The standard InChI is InChI=1S/C14H14N2O4/c15-10-7-4-8-11(12(10)16)20-14(13(17)18)19-9-5-2-1-3-6-9/h1-8,14H,15-16H2,(H,17,18). The molecule has 0 amide bonds. The van der Waals surface area contributed by atoms with Gasteiger partial charge in [-0.15, -0.1) is 0 Å². The summed E-state index contributed by atoms with van der Waals surface area (Å²) in [4.78, 5) is 11.2. The van der Waals surface area contributed by atoms with Gasteiger partial charge in [-0.1, -0.05) is 24.3 Å². The summed E-state index contributed by atoms with van der Waals surface area (Å²) in [7, 11) is 0. The Morgan fingerprint density at radius 2 is 1.70 bits per heavy atom. The lowest BCUT2D eigenvalue weighted by Crippen LogP contribution is -2.33. The summed E-state index contributed by atoms with van der Waals surface area (Å²) in [6.07, 6.45) is -1.51. The van der Waals surface area contributed by atoms with Crippen molar-refractivity contribution in [2.24, 2.45) is 0 Å². The number of benzene rings is 2. The monoisotopic (exact) mass is 274 g/mol. The van der Waals surface area contributed by atoms with Crippen molar-refractivity contribution in [3.8, 4) is 11.5 Å². The lowest BCUT2D eigenvalue weighted by molar-refractivity contribution is -0.158. The van der Waals surface area contributed by atoms with Gasteiger partial charge in [-0.25, -0.2) is 4.79 Å². The van der Waals surface area contributed by atoms with Crippen LogP contribution in [-0.2, 0) is 4.79 Å². The second kappa shape index (κ2) is 5.83. The van der Waals surface area contributed by atoms with Crippen LogP contribution in [0.15, 0.2) is 48.5 Å². The van der Waals surface area contributed by atoms with Gasteiger partial charge in [0.15, 0.2) is 0 Å². The summed E-state index contributed by atoms with van der Waals surface area (Å²) in [6, 6.07) is 13.2. The molecule has 0 spiro atoms. The number of aliphatic carboxylic acids is 1. The number of carbonyl (C=O) groups is 1. The van der Waals surface area contributed by atoms with Crippen molar-refractivity contribution in [2.45, 2.75) is 6.29 Å². The molecule has 0 fully saturated rings. The van der Waals surface area contributed by atoms with Gasteiger partial charge in [-0.2, -0.15) is 0 Å². The van der Waals surface area contributed by atoms with E-state index in [1.54, 1.807) is 42.5 Å². The van der Waals surface area contributed by atoms with Crippen molar-refractivity contribution in [2.75, 3.05) is 11.5 Å². The zero-order valence-corrected chi connectivity index (χ0v) is 10.5. The van der Waals surface area contributed by atoms with Crippen LogP contribution in [-0.4, -0.2) is 17.4 Å². The first-order valence-corrected chi connectivity index (χ1v) is 5.83. The molecule has 104 valence electrons. The third-order valence-electron chi connectivity index (χ3n) is 2.52. The fraction of sp³-hybridized carbons (Fsp3) is 0.0714. The summed E-state index contributed by atoms with van der Waals surface area (Å²) < 4.78 is 10.5. The number of rotatable bonds is 5. The Labute approximate surface area is 115 Å². The van der Waals surface area contributed by atoms with Gasteiger partial charge in [0.1, 0.15) is 11.5 Å². The van der Waals surface area contributed by atoms with Crippen molar-refractivity contribution in [3.05, 3.63) is 48.5 Å². The lowest BCUT2D eigenvalue weighted by atomic mass is 10.2. The second-order valence-corrected chi connectivity index (χ2v) is 3.98. The van der Waals surface area contributed by atoms with Crippen LogP contribution in [0.5, 0.6) is 11.5 Å². The number of hydrogen-bond donors (Lipinski definition) is 3. The van der Waals surface area contributed by atoms with E-state index in [4.69, 9.17) is 26.0 Å². The van der Waals surface area contributed by atoms with Gasteiger partial charge >= 0.3 is 12.3 Å². The molecule has 6 heteroatoms. The quantitative estimate of drug-likeness (QED) is 0.566. The predicted molar refractivity (Wildman–Crippen MR) is 74.4 cm³/mol. The molecule has 1 atom stereocenters.